The van der Waals surface area contributed by atoms with Crippen LogP contribution in [-0.2, 0) is 0 Å². The molecule has 0 amide bonds. The van der Waals surface area contributed by atoms with Crippen molar-refractivity contribution in [2.24, 2.45) is 0 Å². The van der Waals surface area contributed by atoms with Gasteiger partial charge in [-0.1, -0.05) is 29.8 Å². The lowest BCUT2D eigenvalue weighted by Crippen LogP contribution is -1.63. The van der Waals surface area contributed by atoms with Gasteiger partial charge in [0.05, 0.1) is 6.07 Å². The van der Waals surface area contributed by atoms with E-state index in [0.29, 0.717) is 0 Å². The first-order valence-corrected chi connectivity index (χ1v) is 2.54. The number of hydrogen-bond acceptors (Lipinski definition) is 1. The monoisotopic (exact) mass is 147 g/mol. The summed E-state index contributed by atoms with van der Waals surface area (Å²) in [4.78, 5) is 0. The zero-order valence-electron chi connectivity index (χ0n) is 3.99. The average molecular weight is 148 g/mol. The Morgan fingerprint density at radius 1 is 1.62 bits per heavy atom. The maximum atomic E-state index is 8.07. The Morgan fingerprint density at radius 3 is 2.25 bits per heavy atom. The van der Waals surface area contributed by atoms with Crippen LogP contribution < -0.4 is 0 Å². The number of halogens is 2. The number of hydrogen-bond donors (Lipinski definition) is 0. The SMILES string of the molecule is C=C(C#N)C=C(Cl)Cl. The molecule has 0 aromatic carbocycles. The molecular weight excluding hydrogens is 145 g/mol. The standard InChI is InChI=1S/C5H3Cl2N/c1-4(3-8)2-5(6)7/h2H,1H2. The summed E-state index contributed by atoms with van der Waals surface area (Å²) in [6.45, 7) is 3.31. The van der Waals surface area contributed by atoms with Crippen molar-refractivity contribution in [2.75, 3.05) is 0 Å². The van der Waals surface area contributed by atoms with Crippen molar-refractivity contribution < 1.29 is 0 Å². The maximum absolute atomic E-state index is 8.07. The molecule has 0 radical (unpaired) electrons. The van der Waals surface area contributed by atoms with Crippen molar-refractivity contribution >= 4 is 23.2 Å². The van der Waals surface area contributed by atoms with Crippen LogP contribution in [0.3, 0.4) is 0 Å². The van der Waals surface area contributed by atoms with Crippen LogP contribution in [0.25, 0.3) is 0 Å². The molecule has 0 N–H and O–H groups in total. The Morgan fingerprint density at radius 2 is 2.12 bits per heavy atom. The van der Waals surface area contributed by atoms with E-state index < -0.39 is 0 Å². The molecule has 0 aliphatic heterocycles. The van der Waals surface area contributed by atoms with Crippen molar-refractivity contribution in [3.05, 3.63) is 22.7 Å². The minimum Gasteiger partial charge on any atom is -0.192 e. The molecule has 0 aliphatic carbocycles. The smallest absolute Gasteiger partial charge is 0.108 e. The van der Waals surface area contributed by atoms with Crippen LogP contribution in [0, 0.1) is 11.3 Å². The minimum atomic E-state index is 0.0524. The fourth-order valence-electron chi connectivity index (χ4n) is 0.164. The molecule has 0 bridgehead atoms. The van der Waals surface area contributed by atoms with Crippen molar-refractivity contribution in [3.8, 4) is 6.07 Å². The van der Waals surface area contributed by atoms with Gasteiger partial charge in [-0.2, -0.15) is 5.26 Å². The highest BCUT2D eigenvalue weighted by Crippen LogP contribution is 2.08. The first-order valence-electron chi connectivity index (χ1n) is 1.78. The van der Waals surface area contributed by atoms with Crippen molar-refractivity contribution in [1.29, 1.82) is 5.26 Å². The lowest BCUT2D eigenvalue weighted by molar-refractivity contribution is 1.51. The lowest BCUT2D eigenvalue weighted by Gasteiger charge is -1.78. The third-order valence-electron chi connectivity index (χ3n) is 0.427. The summed E-state index contributed by atoms with van der Waals surface area (Å²) in [6.07, 6.45) is 1.28. The fraction of sp³-hybridized carbons (Fsp3) is 0. The van der Waals surface area contributed by atoms with Gasteiger partial charge in [0.15, 0.2) is 0 Å². The van der Waals surface area contributed by atoms with Gasteiger partial charge in [0.1, 0.15) is 4.49 Å². The molecule has 3 heteroatoms. The van der Waals surface area contributed by atoms with E-state index in [1.807, 2.05) is 0 Å². The molecule has 0 atom stereocenters. The van der Waals surface area contributed by atoms with Gasteiger partial charge in [0, 0.05) is 5.57 Å². The van der Waals surface area contributed by atoms with E-state index >= 15 is 0 Å². The van der Waals surface area contributed by atoms with Crippen molar-refractivity contribution in [2.45, 2.75) is 0 Å². The number of allylic oxidation sites excluding steroid dienone is 2. The van der Waals surface area contributed by atoms with E-state index in [4.69, 9.17) is 28.5 Å². The summed E-state index contributed by atoms with van der Waals surface area (Å²) >= 11 is 10.3. The Kier molecular flexibility index (Phi) is 3.34. The molecule has 0 rings (SSSR count). The molecule has 42 valence electrons. The third-order valence-corrected chi connectivity index (χ3v) is 0.645. The average Bonchev–Trinajstić information content (AvgIpc) is 1.65. The molecule has 0 aromatic heterocycles. The zero-order valence-corrected chi connectivity index (χ0v) is 5.50. The topological polar surface area (TPSA) is 23.8 Å². The van der Waals surface area contributed by atoms with Crippen LogP contribution in [0.4, 0.5) is 0 Å². The molecule has 0 spiro atoms. The van der Waals surface area contributed by atoms with E-state index in [0.717, 1.165) is 0 Å². The molecule has 0 saturated carbocycles. The molecule has 0 saturated heterocycles. The summed E-state index contributed by atoms with van der Waals surface area (Å²) in [5, 5.41) is 8.07. The van der Waals surface area contributed by atoms with Gasteiger partial charge in [0.2, 0.25) is 0 Å². The van der Waals surface area contributed by atoms with E-state index in [-0.39, 0.29) is 10.1 Å². The van der Waals surface area contributed by atoms with Crippen LogP contribution in [0.1, 0.15) is 0 Å². The van der Waals surface area contributed by atoms with E-state index in [1.165, 1.54) is 6.08 Å². The second-order valence-corrected chi connectivity index (χ2v) is 2.08. The summed E-state index contributed by atoms with van der Waals surface area (Å²) in [5.41, 5.74) is 0.255. The van der Waals surface area contributed by atoms with E-state index in [2.05, 4.69) is 6.58 Å². The zero-order chi connectivity index (χ0) is 6.57. The third kappa shape index (κ3) is 3.73. The largest absolute Gasteiger partial charge is 0.192 e. The Bertz CT molecular complexity index is 160. The minimum absolute atomic E-state index is 0.0524. The molecule has 0 aliphatic rings. The predicted octanol–water partition coefficient (Wildman–Crippen LogP) is 2.39. The van der Waals surface area contributed by atoms with E-state index in [9.17, 15) is 0 Å². The van der Waals surface area contributed by atoms with Crippen LogP contribution in [0.2, 0.25) is 0 Å². The fourth-order valence-corrected chi connectivity index (χ4v) is 0.427. The van der Waals surface area contributed by atoms with Gasteiger partial charge in [0.25, 0.3) is 0 Å². The molecule has 0 aromatic rings. The summed E-state index contributed by atoms with van der Waals surface area (Å²) in [6, 6.07) is 1.76. The first kappa shape index (κ1) is 7.55. The molecule has 8 heavy (non-hydrogen) atoms. The van der Waals surface area contributed by atoms with E-state index in [1.54, 1.807) is 6.07 Å². The highest BCUT2D eigenvalue weighted by atomic mass is 35.5. The summed E-state index contributed by atoms with van der Waals surface area (Å²) in [7, 11) is 0. The van der Waals surface area contributed by atoms with Crippen LogP contribution in [-0.4, -0.2) is 0 Å². The Balaban J connectivity index is 3.95. The highest BCUT2D eigenvalue weighted by Gasteiger charge is 1.84. The highest BCUT2D eigenvalue weighted by molar-refractivity contribution is 6.56. The maximum Gasteiger partial charge on any atom is 0.108 e. The van der Waals surface area contributed by atoms with Crippen molar-refractivity contribution in [1.82, 2.24) is 0 Å². The van der Waals surface area contributed by atoms with Gasteiger partial charge in [-0.05, 0) is 6.08 Å². The lowest BCUT2D eigenvalue weighted by atomic mass is 10.3. The molecule has 0 heterocycles. The number of nitriles is 1. The molecule has 0 unspecified atom stereocenters. The summed E-state index contributed by atoms with van der Waals surface area (Å²) < 4.78 is 0.0524. The molecule has 0 fully saturated rings. The second kappa shape index (κ2) is 3.54. The molecular formula is C5H3Cl2N. The van der Waals surface area contributed by atoms with Crippen LogP contribution in [0.15, 0.2) is 22.7 Å². The van der Waals surface area contributed by atoms with Crippen molar-refractivity contribution in [3.63, 3.8) is 0 Å². The normalized spacial score (nSPS) is 7.12. The van der Waals surface area contributed by atoms with Crippen LogP contribution in [0.5, 0.6) is 0 Å². The van der Waals surface area contributed by atoms with Gasteiger partial charge in [-0.25, -0.2) is 0 Å². The Hall–Kier alpha value is -0.450. The van der Waals surface area contributed by atoms with Gasteiger partial charge in [-0.15, -0.1) is 0 Å². The first-order chi connectivity index (χ1) is 3.66. The van der Waals surface area contributed by atoms with Gasteiger partial charge >= 0.3 is 0 Å². The summed E-state index contributed by atoms with van der Waals surface area (Å²) in [5.74, 6) is 0. The number of nitrogens with zero attached hydrogens (tertiary/aromatic N) is 1. The second-order valence-electron chi connectivity index (χ2n) is 1.07. The van der Waals surface area contributed by atoms with Gasteiger partial charge in [-0.3, -0.25) is 0 Å². The quantitative estimate of drug-likeness (QED) is 0.413. The van der Waals surface area contributed by atoms with Gasteiger partial charge < -0.3 is 0 Å². The predicted molar refractivity (Wildman–Crippen MR) is 34.5 cm³/mol. The Labute approximate surface area is 57.8 Å². The molecule has 1 nitrogen and oxygen atoms in total. The number of rotatable bonds is 1. The van der Waals surface area contributed by atoms with Crippen LogP contribution >= 0.6 is 23.2 Å².